The van der Waals surface area contributed by atoms with Crippen LogP contribution in [-0.4, -0.2) is 23.1 Å². The van der Waals surface area contributed by atoms with Gasteiger partial charge in [-0.25, -0.2) is 9.37 Å². The van der Waals surface area contributed by atoms with Gasteiger partial charge in [0.15, 0.2) is 11.6 Å². The van der Waals surface area contributed by atoms with Gasteiger partial charge in [-0.3, -0.25) is 0 Å². The number of rotatable bonds is 6. The number of halogens is 1. The van der Waals surface area contributed by atoms with Crippen LogP contribution in [0.15, 0.2) is 6.20 Å². The Morgan fingerprint density at radius 1 is 1.35 bits per heavy atom. The first-order valence-electron chi connectivity index (χ1n) is 7.69. The van der Waals surface area contributed by atoms with E-state index in [4.69, 9.17) is 0 Å². The van der Waals surface area contributed by atoms with Gasteiger partial charge in [-0.15, -0.1) is 0 Å². The topological polar surface area (TPSA) is 49.8 Å². The maximum Gasteiger partial charge on any atom is 0.224 e. The summed E-state index contributed by atoms with van der Waals surface area (Å²) in [6.45, 7) is 5.79. The van der Waals surface area contributed by atoms with Crippen molar-refractivity contribution in [3.05, 3.63) is 12.0 Å². The molecule has 2 atom stereocenters. The zero-order chi connectivity index (χ0) is 14.4. The Hall–Kier alpha value is -1.39. The van der Waals surface area contributed by atoms with E-state index in [1.54, 1.807) is 0 Å². The fraction of sp³-hybridized carbons (Fsp3) is 0.733. The maximum absolute atomic E-state index is 13.6. The second-order valence-electron chi connectivity index (χ2n) is 5.77. The minimum Gasteiger partial charge on any atom is -0.367 e. The Morgan fingerprint density at radius 2 is 2.20 bits per heavy atom. The van der Waals surface area contributed by atoms with Crippen molar-refractivity contribution in [2.75, 3.05) is 23.7 Å². The SMILES string of the molecule is CCNc1ncc(F)c(NCCC2CCCC(C)C2)n1. The Kier molecular flexibility index (Phi) is 5.56. The largest absolute Gasteiger partial charge is 0.367 e. The monoisotopic (exact) mass is 280 g/mol. The molecule has 0 bridgehead atoms. The summed E-state index contributed by atoms with van der Waals surface area (Å²) < 4.78 is 13.6. The summed E-state index contributed by atoms with van der Waals surface area (Å²) in [6.07, 6.45) is 7.60. The second kappa shape index (κ2) is 7.41. The normalized spacial score (nSPS) is 22.6. The zero-order valence-corrected chi connectivity index (χ0v) is 12.5. The summed E-state index contributed by atoms with van der Waals surface area (Å²) in [6, 6.07) is 0. The highest BCUT2D eigenvalue weighted by Gasteiger charge is 2.18. The van der Waals surface area contributed by atoms with E-state index >= 15 is 0 Å². The van der Waals surface area contributed by atoms with Gasteiger partial charge in [0, 0.05) is 13.1 Å². The highest BCUT2D eigenvalue weighted by molar-refractivity contribution is 5.40. The molecule has 0 aromatic carbocycles. The summed E-state index contributed by atoms with van der Waals surface area (Å²) in [5, 5.41) is 6.10. The molecule has 1 fully saturated rings. The van der Waals surface area contributed by atoms with Gasteiger partial charge in [-0.1, -0.05) is 26.2 Å². The minimum atomic E-state index is -0.385. The van der Waals surface area contributed by atoms with Gasteiger partial charge in [-0.05, 0) is 31.6 Å². The van der Waals surface area contributed by atoms with Crippen LogP contribution in [0.25, 0.3) is 0 Å². The van der Waals surface area contributed by atoms with Crippen molar-refractivity contribution in [3.8, 4) is 0 Å². The number of anilines is 2. The highest BCUT2D eigenvalue weighted by Crippen LogP contribution is 2.30. The molecule has 2 rings (SSSR count). The van der Waals surface area contributed by atoms with E-state index in [0.717, 1.165) is 31.3 Å². The molecule has 5 heteroatoms. The molecule has 1 aromatic rings. The van der Waals surface area contributed by atoms with Crippen LogP contribution in [-0.2, 0) is 0 Å². The molecule has 1 saturated carbocycles. The van der Waals surface area contributed by atoms with Crippen molar-refractivity contribution in [3.63, 3.8) is 0 Å². The average Bonchev–Trinajstić information content (AvgIpc) is 2.43. The average molecular weight is 280 g/mol. The summed E-state index contributed by atoms with van der Waals surface area (Å²) in [4.78, 5) is 8.05. The standard InChI is InChI=1S/C15H25FN4/c1-3-17-15-19-10-13(16)14(20-15)18-8-7-12-6-4-5-11(2)9-12/h10-12H,3-9H2,1-2H3,(H2,17,18,19,20). The van der Waals surface area contributed by atoms with Crippen molar-refractivity contribution >= 4 is 11.8 Å². The van der Waals surface area contributed by atoms with E-state index in [9.17, 15) is 4.39 Å². The van der Waals surface area contributed by atoms with Gasteiger partial charge in [0.25, 0.3) is 0 Å². The number of aromatic nitrogens is 2. The lowest BCUT2D eigenvalue weighted by atomic mass is 9.81. The van der Waals surface area contributed by atoms with Gasteiger partial charge in [-0.2, -0.15) is 4.98 Å². The smallest absolute Gasteiger partial charge is 0.224 e. The molecule has 1 aromatic heterocycles. The lowest BCUT2D eigenvalue weighted by Crippen LogP contribution is -2.17. The molecule has 1 heterocycles. The molecule has 1 aliphatic rings. The molecule has 2 unspecified atom stereocenters. The summed E-state index contributed by atoms with van der Waals surface area (Å²) in [7, 11) is 0. The highest BCUT2D eigenvalue weighted by atomic mass is 19.1. The first kappa shape index (κ1) is 15.0. The van der Waals surface area contributed by atoms with Crippen LogP contribution in [0, 0.1) is 17.7 Å². The molecule has 20 heavy (non-hydrogen) atoms. The molecule has 2 N–H and O–H groups in total. The van der Waals surface area contributed by atoms with Crippen LogP contribution in [0.4, 0.5) is 16.2 Å². The van der Waals surface area contributed by atoms with Crippen molar-refractivity contribution in [2.24, 2.45) is 11.8 Å². The summed E-state index contributed by atoms with van der Waals surface area (Å²) in [5.41, 5.74) is 0. The first-order chi connectivity index (χ1) is 9.69. The number of hydrogen-bond acceptors (Lipinski definition) is 4. The van der Waals surface area contributed by atoms with Gasteiger partial charge < -0.3 is 10.6 Å². The van der Waals surface area contributed by atoms with Crippen LogP contribution in [0.1, 0.15) is 46.0 Å². The van der Waals surface area contributed by atoms with Crippen LogP contribution in [0.2, 0.25) is 0 Å². The van der Waals surface area contributed by atoms with Crippen LogP contribution >= 0.6 is 0 Å². The minimum absolute atomic E-state index is 0.305. The molecule has 0 spiro atoms. The molecular weight excluding hydrogens is 255 g/mol. The summed E-state index contributed by atoms with van der Waals surface area (Å²) >= 11 is 0. The second-order valence-corrected chi connectivity index (χ2v) is 5.77. The Morgan fingerprint density at radius 3 is 2.95 bits per heavy atom. The van der Waals surface area contributed by atoms with E-state index in [1.807, 2.05) is 6.92 Å². The lowest BCUT2D eigenvalue weighted by molar-refractivity contribution is 0.274. The van der Waals surface area contributed by atoms with E-state index in [0.29, 0.717) is 11.8 Å². The van der Waals surface area contributed by atoms with Gasteiger partial charge in [0.05, 0.1) is 6.20 Å². The number of nitrogens with one attached hydrogen (secondary N) is 2. The summed E-state index contributed by atoms with van der Waals surface area (Å²) in [5.74, 6) is 2.00. The molecular formula is C15H25FN4. The van der Waals surface area contributed by atoms with Crippen LogP contribution in [0.5, 0.6) is 0 Å². The van der Waals surface area contributed by atoms with E-state index < -0.39 is 0 Å². The number of hydrogen-bond donors (Lipinski definition) is 2. The molecule has 0 radical (unpaired) electrons. The van der Waals surface area contributed by atoms with Crippen LogP contribution < -0.4 is 10.6 Å². The molecule has 0 saturated heterocycles. The van der Waals surface area contributed by atoms with Gasteiger partial charge >= 0.3 is 0 Å². The predicted octanol–water partition coefficient (Wildman–Crippen LogP) is 3.68. The van der Waals surface area contributed by atoms with Crippen molar-refractivity contribution in [1.82, 2.24) is 9.97 Å². The molecule has 0 amide bonds. The van der Waals surface area contributed by atoms with E-state index in [-0.39, 0.29) is 5.82 Å². The first-order valence-corrected chi connectivity index (χ1v) is 7.69. The lowest BCUT2D eigenvalue weighted by Gasteiger charge is -2.26. The van der Waals surface area contributed by atoms with Crippen molar-refractivity contribution in [1.29, 1.82) is 0 Å². The Labute approximate surface area is 120 Å². The Balaban J connectivity index is 1.82. The Bertz CT molecular complexity index is 424. The fourth-order valence-electron chi connectivity index (χ4n) is 2.95. The van der Waals surface area contributed by atoms with E-state index in [1.165, 1.54) is 31.9 Å². The van der Waals surface area contributed by atoms with E-state index in [2.05, 4.69) is 27.5 Å². The molecule has 4 nitrogen and oxygen atoms in total. The predicted molar refractivity (Wildman–Crippen MR) is 80.4 cm³/mol. The third kappa shape index (κ3) is 4.32. The van der Waals surface area contributed by atoms with Crippen molar-refractivity contribution < 1.29 is 4.39 Å². The molecule has 1 aliphatic carbocycles. The third-order valence-electron chi connectivity index (χ3n) is 3.97. The fourth-order valence-corrected chi connectivity index (χ4v) is 2.95. The number of nitrogens with zero attached hydrogens (tertiary/aromatic N) is 2. The maximum atomic E-state index is 13.6. The molecule has 0 aliphatic heterocycles. The van der Waals surface area contributed by atoms with Crippen LogP contribution in [0.3, 0.4) is 0 Å². The zero-order valence-electron chi connectivity index (χ0n) is 12.5. The van der Waals surface area contributed by atoms with Gasteiger partial charge in [0.2, 0.25) is 5.95 Å². The van der Waals surface area contributed by atoms with Crippen molar-refractivity contribution in [2.45, 2.75) is 46.0 Å². The third-order valence-corrected chi connectivity index (χ3v) is 3.97. The quantitative estimate of drug-likeness (QED) is 0.834. The van der Waals surface area contributed by atoms with Gasteiger partial charge in [0.1, 0.15) is 0 Å². The molecule has 112 valence electrons.